The van der Waals surface area contributed by atoms with E-state index in [1.807, 2.05) is 0 Å². The fourth-order valence-electron chi connectivity index (χ4n) is 1.03. The Labute approximate surface area is 93.0 Å². The number of aliphatic hydroxyl groups is 1. The Kier molecular flexibility index (Phi) is 4.22. The molecule has 0 atom stereocenters. The first-order valence-electron chi connectivity index (χ1n) is 3.73. The minimum atomic E-state index is -2.66. The zero-order valence-electron chi connectivity index (χ0n) is 6.98. The van der Waals surface area contributed by atoms with Crippen LogP contribution in [0.4, 0.5) is 8.78 Å². The summed E-state index contributed by atoms with van der Waals surface area (Å²) in [6.07, 6.45) is -1.44. The van der Waals surface area contributed by atoms with Crippen LogP contribution >= 0.6 is 27.5 Å². The summed E-state index contributed by atoms with van der Waals surface area (Å²) in [4.78, 5) is 3.84. The molecule has 0 aliphatic rings. The van der Waals surface area contributed by atoms with E-state index in [0.29, 0.717) is 5.69 Å². The molecule has 1 heterocycles. The molecule has 1 N–H and O–H groups in total. The Morgan fingerprint density at radius 1 is 1.57 bits per heavy atom. The second-order valence-corrected chi connectivity index (χ2v) is 3.61. The maximum Gasteiger partial charge on any atom is 0.265 e. The van der Waals surface area contributed by atoms with E-state index in [4.69, 9.17) is 16.7 Å². The van der Waals surface area contributed by atoms with Crippen LogP contribution in [0.25, 0.3) is 0 Å². The molecular formula is C8H7BrClF2NO. The van der Waals surface area contributed by atoms with E-state index in [9.17, 15) is 8.78 Å². The molecule has 0 aliphatic carbocycles. The monoisotopic (exact) mass is 285 g/mol. The maximum absolute atomic E-state index is 12.6. The van der Waals surface area contributed by atoms with Gasteiger partial charge in [0.05, 0.1) is 18.2 Å². The number of aliphatic hydroxyl groups excluding tert-OH is 1. The van der Waals surface area contributed by atoms with Gasteiger partial charge in [0.25, 0.3) is 6.43 Å². The van der Waals surface area contributed by atoms with E-state index in [2.05, 4.69) is 20.9 Å². The lowest BCUT2D eigenvalue weighted by atomic mass is 10.1. The van der Waals surface area contributed by atoms with Gasteiger partial charge in [-0.3, -0.25) is 4.98 Å². The number of hydrogen-bond acceptors (Lipinski definition) is 2. The van der Waals surface area contributed by atoms with Gasteiger partial charge in [-0.2, -0.15) is 0 Å². The predicted molar refractivity (Wildman–Crippen MR) is 52.4 cm³/mol. The zero-order chi connectivity index (χ0) is 10.7. The van der Waals surface area contributed by atoms with Gasteiger partial charge in [0, 0.05) is 21.8 Å². The van der Waals surface area contributed by atoms with Crippen molar-refractivity contribution < 1.29 is 13.9 Å². The largest absolute Gasteiger partial charge is 0.392 e. The summed E-state index contributed by atoms with van der Waals surface area (Å²) in [5, 5.41) is 8.83. The molecular weight excluding hydrogens is 279 g/mol. The molecule has 1 rings (SSSR count). The molecule has 2 nitrogen and oxygen atoms in total. The quantitative estimate of drug-likeness (QED) is 0.867. The van der Waals surface area contributed by atoms with E-state index in [-0.39, 0.29) is 21.5 Å². The first-order valence-corrected chi connectivity index (χ1v) is 5.05. The van der Waals surface area contributed by atoms with E-state index in [1.165, 1.54) is 6.20 Å². The normalized spacial score (nSPS) is 11.0. The van der Waals surface area contributed by atoms with Crippen LogP contribution in [-0.4, -0.2) is 10.1 Å². The van der Waals surface area contributed by atoms with Gasteiger partial charge in [-0.05, 0) is 15.9 Å². The molecule has 0 aromatic carbocycles. The van der Waals surface area contributed by atoms with Crippen LogP contribution in [-0.2, 0) is 12.5 Å². The Balaban J connectivity index is 3.31. The van der Waals surface area contributed by atoms with Gasteiger partial charge in [-0.25, -0.2) is 8.78 Å². The first-order chi connectivity index (χ1) is 6.61. The van der Waals surface area contributed by atoms with Crippen molar-refractivity contribution in [1.29, 1.82) is 0 Å². The summed E-state index contributed by atoms with van der Waals surface area (Å²) in [5.41, 5.74) is 0.220. The fraction of sp³-hybridized carbons (Fsp3) is 0.375. The minimum Gasteiger partial charge on any atom is -0.392 e. The minimum absolute atomic E-state index is 0.0476. The molecule has 0 saturated carbocycles. The Morgan fingerprint density at radius 2 is 2.21 bits per heavy atom. The number of aromatic nitrogens is 1. The molecule has 0 saturated heterocycles. The van der Waals surface area contributed by atoms with Gasteiger partial charge in [0.15, 0.2) is 0 Å². The molecule has 78 valence electrons. The average Bonchev–Trinajstić information content (AvgIpc) is 2.16. The van der Waals surface area contributed by atoms with Crippen LogP contribution in [0, 0.1) is 0 Å². The topological polar surface area (TPSA) is 33.1 Å². The number of nitrogens with zero attached hydrogens (tertiary/aromatic N) is 1. The summed E-state index contributed by atoms with van der Waals surface area (Å²) in [6, 6.07) is 0. The summed E-state index contributed by atoms with van der Waals surface area (Å²) in [6.45, 7) is -0.464. The van der Waals surface area contributed by atoms with Crippen molar-refractivity contribution in [2.24, 2.45) is 0 Å². The third kappa shape index (κ3) is 2.21. The number of pyridine rings is 1. The molecule has 14 heavy (non-hydrogen) atoms. The molecule has 1 aromatic heterocycles. The molecule has 0 spiro atoms. The Hall–Kier alpha value is -0.260. The van der Waals surface area contributed by atoms with E-state index >= 15 is 0 Å². The summed E-state index contributed by atoms with van der Waals surface area (Å²) in [5.74, 6) is 0.0476. The van der Waals surface area contributed by atoms with E-state index < -0.39 is 13.0 Å². The van der Waals surface area contributed by atoms with Gasteiger partial charge in [-0.15, -0.1) is 11.6 Å². The zero-order valence-corrected chi connectivity index (χ0v) is 9.32. The lowest BCUT2D eigenvalue weighted by molar-refractivity contribution is 0.146. The van der Waals surface area contributed by atoms with Crippen molar-refractivity contribution in [3.8, 4) is 0 Å². The molecule has 0 bridgehead atoms. The maximum atomic E-state index is 12.6. The molecule has 0 radical (unpaired) electrons. The number of rotatable bonds is 3. The smallest absolute Gasteiger partial charge is 0.265 e. The lowest BCUT2D eigenvalue weighted by Gasteiger charge is -2.10. The van der Waals surface area contributed by atoms with Crippen molar-refractivity contribution in [3.63, 3.8) is 0 Å². The number of halogens is 4. The number of alkyl halides is 3. The number of hydrogen-bond donors (Lipinski definition) is 1. The highest BCUT2D eigenvalue weighted by Crippen LogP contribution is 2.32. The van der Waals surface area contributed by atoms with Gasteiger partial charge in [0.2, 0.25) is 0 Å². The molecule has 6 heteroatoms. The van der Waals surface area contributed by atoms with Crippen molar-refractivity contribution in [2.45, 2.75) is 18.9 Å². The third-order valence-electron chi connectivity index (χ3n) is 1.73. The van der Waals surface area contributed by atoms with Crippen LogP contribution in [0.1, 0.15) is 23.2 Å². The fourth-order valence-corrected chi connectivity index (χ4v) is 2.07. The first kappa shape index (κ1) is 11.8. The van der Waals surface area contributed by atoms with Crippen LogP contribution in [0.15, 0.2) is 10.7 Å². The van der Waals surface area contributed by atoms with E-state index in [0.717, 1.165) is 0 Å². The van der Waals surface area contributed by atoms with Gasteiger partial charge >= 0.3 is 0 Å². The molecule has 1 aromatic rings. The molecule has 0 fully saturated rings. The highest BCUT2D eigenvalue weighted by atomic mass is 79.9. The van der Waals surface area contributed by atoms with Crippen LogP contribution in [0.2, 0.25) is 0 Å². The molecule has 0 amide bonds. The SMILES string of the molecule is OCc1cnc(CCl)c(Br)c1C(F)F. The highest BCUT2D eigenvalue weighted by Gasteiger charge is 2.19. The lowest BCUT2D eigenvalue weighted by Crippen LogP contribution is -2.01. The van der Waals surface area contributed by atoms with Crippen LogP contribution < -0.4 is 0 Å². The van der Waals surface area contributed by atoms with Crippen LogP contribution in [0.5, 0.6) is 0 Å². The molecule has 0 unspecified atom stereocenters. The summed E-state index contributed by atoms with van der Waals surface area (Å²) in [7, 11) is 0. The standard InChI is InChI=1S/C8H7BrClF2NO/c9-7-5(1-10)13-2-4(3-14)6(7)8(11)12/h2,8,14H,1,3H2. The highest BCUT2D eigenvalue weighted by molar-refractivity contribution is 9.10. The second-order valence-electron chi connectivity index (χ2n) is 2.55. The summed E-state index contributed by atoms with van der Waals surface area (Å²) < 4.78 is 25.3. The van der Waals surface area contributed by atoms with Crippen molar-refractivity contribution >= 4 is 27.5 Å². The molecule has 0 aliphatic heterocycles. The summed E-state index contributed by atoms with van der Waals surface area (Å²) >= 11 is 8.50. The van der Waals surface area contributed by atoms with E-state index in [1.54, 1.807) is 0 Å². The van der Waals surface area contributed by atoms with Crippen molar-refractivity contribution in [3.05, 3.63) is 27.5 Å². The van der Waals surface area contributed by atoms with Gasteiger partial charge < -0.3 is 5.11 Å². The van der Waals surface area contributed by atoms with Gasteiger partial charge in [-0.1, -0.05) is 0 Å². The van der Waals surface area contributed by atoms with Crippen molar-refractivity contribution in [2.75, 3.05) is 0 Å². The Morgan fingerprint density at radius 3 is 2.64 bits per heavy atom. The Bertz CT molecular complexity index is 335. The van der Waals surface area contributed by atoms with Crippen molar-refractivity contribution in [1.82, 2.24) is 4.98 Å². The average molecular weight is 287 g/mol. The van der Waals surface area contributed by atoms with Gasteiger partial charge in [0.1, 0.15) is 0 Å². The second kappa shape index (κ2) is 5.00. The van der Waals surface area contributed by atoms with Crippen LogP contribution in [0.3, 0.4) is 0 Å². The third-order valence-corrected chi connectivity index (χ3v) is 2.87. The predicted octanol–water partition coefficient (Wildman–Crippen LogP) is 3.01.